The van der Waals surface area contributed by atoms with Crippen LogP contribution in [0.25, 0.3) is 50.1 Å². The summed E-state index contributed by atoms with van der Waals surface area (Å²) in [6.07, 6.45) is -0.550. The van der Waals surface area contributed by atoms with Crippen LogP contribution in [0.15, 0.2) is 115 Å². The van der Waals surface area contributed by atoms with E-state index >= 15 is 0 Å². The Morgan fingerprint density at radius 3 is 2.19 bits per heavy atom. The van der Waals surface area contributed by atoms with Gasteiger partial charge in [0.05, 0.1) is 16.9 Å². The van der Waals surface area contributed by atoms with Gasteiger partial charge in [0.1, 0.15) is 8.07 Å². The number of hydrogen-bond donors (Lipinski definition) is 0. The van der Waals surface area contributed by atoms with Crippen LogP contribution in [0.4, 0.5) is 0 Å². The number of para-hydroxylation sites is 1. The van der Waals surface area contributed by atoms with Gasteiger partial charge < -0.3 is 9.55 Å². The van der Waals surface area contributed by atoms with Gasteiger partial charge in [0.15, 0.2) is 0 Å². The Morgan fingerprint density at radius 2 is 1.51 bits per heavy atom. The molecule has 0 aliphatic carbocycles. The zero-order valence-electron chi connectivity index (χ0n) is 32.1. The van der Waals surface area contributed by atoms with Gasteiger partial charge in [-0.05, 0) is 57.8 Å². The maximum absolute atomic E-state index is 8.48. The van der Waals surface area contributed by atoms with Crippen LogP contribution in [0.3, 0.4) is 0 Å². The van der Waals surface area contributed by atoms with Crippen molar-refractivity contribution in [2.24, 2.45) is 5.41 Å². The number of aromatic nitrogens is 3. The number of pyridine rings is 1. The van der Waals surface area contributed by atoms with Crippen molar-refractivity contribution in [3.63, 3.8) is 0 Å². The third kappa shape index (κ3) is 6.16. The minimum atomic E-state index is -2.42. The van der Waals surface area contributed by atoms with E-state index in [2.05, 4.69) is 102 Å². The Bertz CT molecular complexity index is 2390. The van der Waals surface area contributed by atoms with Crippen LogP contribution in [-0.4, -0.2) is 22.6 Å². The maximum Gasteiger partial charge on any atom is 0.115 e. The van der Waals surface area contributed by atoms with Crippen molar-refractivity contribution >= 4 is 40.3 Å². The molecule has 237 valence electrons. The van der Waals surface area contributed by atoms with E-state index < -0.39 is 26.7 Å². The average Bonchev–Trinajstić information content (AvgIpc) is 3.47. The van der Waals surface area contributed by atoms with Crippen LogP contribution < -0.4 is 10.4 Å². The van der Waals surface area contributed by atoms with Crippen molar-refractivity contribution in [2.45, 2.75) is 47.1 Å². The standard InChI is InChI=1S/C25H19N2Si.C17H20N.Ir/c1-28(2)21-15-7-12-17-11-6-14-20(23(17)21)27-24-19(13-8-16-22(24)28)26-25(27)18-9-4-3-5-10-18;1-13-12-18-16(14-8-6-5-7-9-14)10-15(13)11-17(2,3)4;/h3-9,11-16H,1-2H3;5-8,10,12H,11H2,1-4H3;/q2*-1;/i;1D3,11D2;. The van der Waals surface area contributed by atoms with Crippen LogP contribution >= 0.6 is 0 Å². The van der Waals surface area contributed by atoms with Gasteiger partial charge in [0.2, 0.25) is 0 Å². The monoisotopic (exact) mass is 811 g/mol. The van der Waals surface area contributed by atoms with Crippen molar-refractivity contribution < 1.29 is 27.0 Å². The van der Waals surface area contributed by atoms with Crippen molar-refractivity contribution in [1.82, 2.24) is 14.5 Å². The van der Waals surface area contributed by atoms with E-state index in [1.54, 1.807) is 32.9 Å². The van der Waals surface area contributed by atoms with E-state index in [1.807, 2.05) is 30.3 Å². The van der Waals surface area contributed by atoms with E-state index in [1.165, 1.54) is 38.5 Å². The van der Waals surface area contributed by atoms with Gasteiger partial charge >= 0.3 is 0 Å². The molecule has 0 spiro atoms. The molecule has 0 N–H and O–H groups in total. The molecule has 0 saturated carbocycles. The maximum atomic E-state index is 8.48. The zero-order valence-corrected chi connectivity index (χ0v) is 30.5. The Hall–Kier alpha value is -4.15. The molecule has 1 radical (unpaired) electrons. The Morgan fingerprint density at radius 1 is 0.830 bits per heavy atom. The number of fused-ring (bicyclic) bond motifs is 1. The average molecular weight is 811 g/mol. The first-order chi connectivity index (χ1) is 24.1. The fourth-order valence-corrected chi connectivity index (χ4v) is 9.46. The predicted octanol–water partition coefficient (Wildman–Crippen LogP) is 9.23. The summed E-state index contributed by atoms with van der Waals surface area (Å²) in [7, 11) is -1.90. The number of nitrogens with zero attached hydrogens (tertiary/aromatic N) is 3. The van der Waals surface area contributed by atoms with Gasteiger partial charge in [-0.1, -0.05) is 88.0 Å². The summed E-state index contributed by atoms with van der Waals surface area (Å²) < 4.78 is 42.4. The van der Waals surface area contributed by atoms with E-state index in [4.69, 9.17) is 11.8 Å². The van der Waals surface area contributed by atoms with Crippen LogP contribution in [0.5, 0.6) is 0 Å². The number of benzene rings is 5. The molecule has 0 saturated heterocycles. The van der Waals surface area contributed by atoms with Gasteiger partial charge in [-0.2, -0.15) is 0 Å². The molecule has 0 unspecified atom stereocenters. The summed E-state index contributed by atoms with van der Waals surface area (Å²) in [6, 6.07) is 43.3. The molecule has 47 heavy (non-hydrogen) atoms. The predicted molar refractivity (Wildman–Crippen MR) is 196 cm³/mol. The normalized spacial score (nSPS) is 15.1. The molecule has 0 atom stereocenters. The van der Waals surface area contributed by atoms with Crippen LogP contribution in [-0.2, 0) is 26.5 Å². The summed E-state index contributed by atoms with van der Waals surface area (Å²) in [4.78, 5) is 9.29. The zero-order chi connectivity index (χ0) is 36.3. The summed E-state index contributed by atoms with van der Waals surface area (Å²) in [5.74, 6) is 0.969. The second-order valence-electron chi connectivity index (χ2n) is 13.3. The quantitative estimate of drug-likeness (QED) is 0.132. The van der Waals surface area contributed by atoms with Crippen LogP contribution in [0.1, 0.15) is 38.8 Å². The fraction of sp³-hybridized carbons (Fsp3) is 0.190. The molecule has 2 aromatic heterocycles. The molecule has 3 heterocycles. The smallest absolute Gasteiger partial charge is 0.115 e. The molecule has 0 bridgehead atoms. The summed E-state index contributed by atoms with van der Waals surface area (Å²) in [6.45, 7) is 7.77. The molecule has 0 fully saturated rings. The molecular weight excluding hydrogens is 767 g/mol. The van der Waals surface area contributed by atoms with Crippen molar-refractivity contribution in [3.8, 4) is 28.3 Å². The van der Waals surface area contributed by atoms with Crippen LogP contribution in [0, 0.1) is 24.4 Å². The fourth-order valence-electron chi connectivity index (χ4n) is 6.41. The van der Waals surface area contributed by atoms with Crippen molar-refractivity contribution in [1.29, 1.82) is 0 Å². The molecular formula is C42H39IrN3Si-2. The molecule has 3 nitrogen and oxygen atoms in total. The Balaban J connectivity index is 0.000000179. The van der Waals surface area contributed by atoms with Gasteiger partial charge in [-0.3, -0.25) is 4.98 Å². The first-order valence-electron chi connectivity index (χ1n) is 18.1. The molecule has 0 amide bonds. The van der Waals surface area contributed by atoms with Gasteiger partial charge in [0, 0.05) is 44.2 Å². The second kappa shape index (κ2) is 12.8. The summed E-state index contributed by atoms with van der Waals surface area (Å²) in [5.41, 5.74) is 5.16. The van der Waals surface area contributed by atoms with Crippen molar-refractivity contribution in [3.05, 3.63) is 139 Å². The Labute approximate surface area is 300 Å². The number of imidazole rings is 1. The topological polar surface area (TPSA) is 30.7 Å². The number of hydrogen-bond acceptors (Lipinski definition) is 2. The van der Waals surface area contributed by atoms with Gasteiger partial charge in [-0.15, -0.1) is 71.8 Å². The molecule has 1 aliphatic heterocycles. The second-order valence-corrected chi connectivity index (χ2v) is 17.6. The van der Waals surface area contributed by atoms with E-state index in [9.17, 15) is 0 Å². The third-order valence-electron chi connectivity index (χ3n) is 8.50. The SMILES string of the molecule is C[Si]1(C)c2cccc3cccc(c23)-n2c(-c3[c-]cccc3)nc3cccc1c32.[2H]C([2H])([2H])c1cnc(-c2[c-]cccc2)cc1C([2H])([2H])C(C)(C)C.[Ir]. The van der Waals surface area contributed by atoms with E-state index in [-0.39, 0.29) is 31.2 Å². The Kier molecular flexibility index (Phi) is 7.32. The van der Waals surface area contributed by atoms with Crippen LogP contribution in [0.2, 0.25) is 13.1 Å². The van der Waals surface area contributed by atoms with E-state index in [0.29, 0.717) is 11.3 Å². The van der Waals surface area contributed by atoms with Gasteiger partial charge in [-0.25, -0.2) is 0 Å². The minimum Gasteiger partial charge on any atom is -0.333 e. The number of aryl methyl sites for hydroxylation is 1. The molecule has 5 aromatic carbocycles. The molecule has 5 heteroatoms. The van der Waals surface area contributed by atoms with Crippen molar-refractivity contribution in [2.75, 3.05) is 0 Å². The largest absolute Gasteiger partial charge is 0.333 e. The summed E-state index contributed by atoms with van der Waals surface area (Å²) >= 11 is 0. The van der Waals surface area contributed by atoms with E-state index in [0.717, 1.165) is 16.9 Å². The summed E-state index contributed by atoms with van der Waals surface area (Å²) in [5, 5.41) is 5.62. The first-order valence-corrected chi connectivity index (χ1v) is 18.6. The number of rotatable bonds is 3. The molecule has 8 rings (SSSR count). The molecule has 7 aromatic rings. The van der Waals surface area contributed by atoms with Gasteiger partial charge in [0.25, 0.3) is 0 Å². The first kappa shape index (κ1) is 26.9. The third-order valence-corrected chi connectivity index (χ3v) is 12.0. The minimum absolute atomic E-state index is 0. The molecule has 1 aliphatic rings.